The lowest BCUT2D eigenvalue weighted by atomic mass is 10.1. The van der Waals surface area contributed by atoms with E-state index >= 15 is 0 Å². The second-order valence-corrected chi connectivity index (χ2v) is 7.55. The maximum atomic E-state index is 11.5. The van der Waals surface area contributed by atoms with Crippen LogP contribution in [-0.4, -0.2) is 24.1 Å². The highest BCUT2D eigenvalue weighted by atomic mass is 17.2. The molecule has 0 fully saturated rings. The normalized spacial score (nSPS) is 11.4. The molecule has 0 aliphatic carbocycles. The van der Waals surface area contributed by atoms with E-state index in [1.165, 1.54) is 51.4 Å². The third-order valence-electron chi connectivity index (χ3n) is 3.68. The van der Waals surface area contributed by atoms with E-state index in [9.17, 15) is 9.59 Å². The number of esters is 1. The molecule has 5 nitrogen and oxygen atoms in total. The van der Waals surface area contributed by atoms with Gasteiger partial charge < -0.3 is 4.74 Å². The Hall–Kier alpha value is -1.10. The van der Waals surface area contributed by atoms with E-state index in [1.54, 1.807) is 20.8 Å². The summed E-state index contributed by atoms with van der Waals surface area (Å²) in [6, 6.07) is 0. The number of ether oxygens (including phenoxy) is 1. The standard InChI is InChI=1S/C20H38O5/c1-5-6-7-8-9-10-11-12-13-14-17-23-18(21)15-16-19(22)24-25-20(2,3)4/h5-17H2,1-4H3. The first-order chi connectivity index (χ1) is 11.8. The number of carbonyl (C=O) groups is 2. The van der Waals surface area contributed by atoms with Crippen LogP contribution < -0.4 is 0 Å². The predicted octanol–water partition coefficient (Wildman–Crippen LogP) is 5.50. The molecule has 0 aromatic heterocycles. The topological polar surface area (TPSA) is 61.8 Å². The minimum absolute atomic E-state index is 0.0209. The zero-order valence-electron chi connectivity index (χ0n) is 16.7. The molecule has 0 bridgehead atoms. The predicted molar refractivity (Wildman–Crippen MR) is 99.0 cm³/mol. The summed E-state index contributed by atoms with van der Waals surface area (Å²) in [7, 11) is 0. The summed E-state index contributed by atoms with van der Waals surface area (Å²) in [6.07, 6.45) is 12.5. The number of unbranched alkanes of at least 4 members (excludes halogenated alkanes) is 9. The fraction of sp³-hybridized carbons (Fsp3) is 0.900. The minimum atomic E-state index is -0.550. The molecule has 0 aromatic carbocycles. The van der Waals surface area contributed by atoms with Gasteiger partial charge in [-0.05, 0) is 27.2 Å². The Morgan fingerprint density at radius 3 is 1.72 bits per heavy atom. The first-order valence-electron chi connectivity index (χ1n) is 9.89. The van der Waals surface area contributed by atoms with Crippen molar-refractivity contribution in [2.24, 2.45) is 0 Å². The van der Waals surface area contributed by atoms with Crippen LogP contribution in [0.5, 0.6) is 0 Å². The summed E-state index contributed by atoms with van der Waals surface area (Å²) < 4.78 is 5.12. The smallest absolute Gasteiger partial charge is 0.342 e. The summed E-state index contributed by atoms with van der Waals surface area (Å²) in [5.74, 6) is -0.908. The number of carbonyl (C=O) groups excluding carboxylic acids is 2. The molecule has 0 aliphatic heterocycles. The van der Waals surface area contributed by atoms with Gasteiger partial charge >= 0.3 is 11.9 Å². The minimum Gasteiger partial charge on any atom is -0.466 e. The second-order valence-electron chi connectivity index (χ2n) is 7.55. The molecule has 0 rings (SSSR count). The largest absolute Gasteiger partial charge is 0.466 e. The zero-order valence-corrected chi connectivity index (χ0v) is 16.7. The average molecular weight is 359 g/mol. The molecule has 0 amide bonds. The lowest BCUT2D eigenvalue weighted by molar-refractivity contribution is -0.320. The van der Waals surface area contributed by atoms with E-state index in [1.807, 2.05) is 0 Å². The molecule has 0 radical (unpaired) electrons. The first kappa shape index (κ1) is 23.9. The van der Waals surface area contributed by atoms with Gasteiger partial charge in [-0.3, -0.25) is 9.68 Å². The molecule has 25 heavy (non-hydrogen) atoms. The maximum Gasteiger partial charge on any atom is 0.342 e. The van der Waals surface area contributed by atoms with Crippen LogP contribution in [-0.2, 0) is 24.1 Å². The molecule has 0 heterocycles. The van der Waals surface area contributed by atoms with Gasteiger partial charge in [0.25, 0.3) is 0 Å². The fourth-order valence-corrected chi connectivity index (χ4v) is 2.26. The summed E-state index contributed by atoms with van der Waals surface area (Å²) in [5.41, 5.74) is -0.550. The van der Waals surface area contributed by atoms with E-state index in [-0.39, 0.29) is 18.8 Å². The number of rotatable bonds is 15. The molecule has 0 saturated carbocycles. The summed E-state index contributed by atoms with van der Waals surface area (Å²) >= 11 is 0. The number of hydrogen-bond donors (Lipinski definition) is 0. The van der Waals surface area contributed by atoms with E-state index in [0.717, 1.165) is 12.8 Å². The Morgan fingerprint density at radius 1 is 0.720 bits per heavy atom. The monoisotopic (exact) mass is 358 g/mol. The quantitative estimate of drug-likeness (QED) is 0.167. The number of hydrogen-bond acceptors (Lipinski definition) is 5. The highest BCUT2D eigenvalue weighted by Gasteiger charge is 2.16. The van der Waals surface area contributed by atoms with E-state index in [4.69, 9.17) is 9.62 Å². The van der Waals surface area contributed by atoms with Gasteiger partial charge in [0.2, 0.25) is 0 Å². The van der Waals surface area contributed by atoms with Gasteiger partial charge in [-0.2, -0.15) is 4.89 Å². The summed E-state index contributed by atoms with van der Waals surface area (Å²) in [4.78, 5) is 32.5. The molecule has 0 spiro atoms. The Balaban J connectivity index is 3.37. The van der Waals surface area contributed by atoms with Crippen molar-refractivity contribution >= 4 is 11.9 Å². The van der Waals surface area contributed by atoms with Gasteiger partial charge in [0.1, 0.15) is 5.60 Å². The SMILES string of the molecule is CCCCCCCCCCCCOC(=O)CCC(=O)OOC(C)(C)C. The molecule has 5 heteroatoms. The van der Waals surface area contributed by atoms with Crippen LogP contribution in [0.15, 0.2) is 0 Å². The molecule has 0 aromatic rings. The highest BCUT2D eigenvalue weighted by Crippen LogP contribution is 2.11. The van der Waals surface area contributed by atoms with Crippen LogP contribution in [0.1, 0.15) is 105 Å². The Morgan fingerprint density at radius 2 is 1.20 bits per heavy atom. The molecular formula is C20H38O5. The molecule has 0 atom stereocenters. The van der Waals surface area contributed by atoms with Crippen molar-refractivity contribution in [1.82, 2.24) is 0 Å². The Bertz CT molecular complexity index is 346. The van der Waals surface area contributed by atoms with Crippen molar-refractivity contribution in [3.8, 4) is 0 Å². The van der Waals surface area contributed by atoms with Gasteiger partial charge in [0, 0.05) is 0 Å². The fourth-order valence-electron chi connectivity index (χ4n) is 2.26. The van der Waals surface area contributed by atoms with Gasteiger partial charge in [-0.1, -0.05) is 64.7 Å². The molecule has 148 valence electrons. The molecular weight excluding hydrogens is 320 g/mol. The van der Waals surface area contributed by atoms with Crippen molar-refractivity contribution in [2.75, 3.05) is 6.61 Å². The van der Waals surface area contributed by atoms with Gasteiger partial charge in [-0.25, -0.2) is 4.79 Å². The van der Waals surface area contributed by atoms with Crippen LogP contribution in [0.4, 0.5) is 0 Å². The maximum absolute atomic E-state index is 11.5. The van der Waals surface area contributed by atoms with E-state index in [0.29, 0.717) is 6.61 Å². The first-order valence-corrected chi connectivity index (χ1v) is 9.89. The lowest BCUT2D eigenvalue weighted by Gasteiger charge is -2.16. The van der Waals surface area contributed by atoms with Crippen LogP contribution in [0.25, 0.3) is 0 Å². The summed E-state index contributed by atoms with van der Waals surface area (Å²) in [6.45, 7) is 8.01. The van der Waals surface area contributed by atoms with E-state index in [2.05, 4.69) is 11.8 Å². The molecule has 0 N–H and O–H groups in total. The van der Waals surface area contributed by atoms with Crippen LogP contribution in [0, 0.1) is 0 Å². The van der Waals surface area contributed by atoms with Crippen LogP contribution >= 0.6 is 0 Å². The van der Waals surface area contributed by atoms with Crippen molar-refractivity contribution < 1.29 is 24.1 Å². The van der Waals surface area contributed by atoms with E-state index < -0.39 is 11.6 Å². The molecule has 0 aliphatic rings. The van der Waals surface area contributed by atoms with Crippen LogP contribution in [0.3, 0.4) is 0 Å². The van der Waals surface area contributed by atoms with Crippen molar-refractivity contribution in [3.05, 3.63) is 0 Å². The molecule has 0 saturated heterocycles. The molecule has 0 unspecified atom stereocenters. The Kier molecular flexibility index (Phi) is 14.5. The average Bonchev–Trinajstić information content (AvgIpc) is 2.55. The third-order valence-corrected chi connectivity index (χ3v) is 3.68. The van der Waals surface area contributed by atoms with Gasteiger partial charge in [0.05, 0.1) is 19.4 Å². The highest BCUT2D eigenvalue weighted by molar-refractivity contribution is 5.77. The van der Waals surface area contributed by atoms with Crippen molar-refractivity contribution in [3.63, 3.8) is 0 Å². The summed E-state index contributed by atoms with van der Waals surface area (Å²) in [5, 5.41) is 0. The van der Waals surface area contributed by atoms with Gasteiger partial charge in [0.15, 0.2) is 0 Å². The van der Waals surface area contributed by atoms with Crippen molar-refractivity contribution in [1.29, 1.82) is 0 Å². The van der Waals surface area contributed by atoms with Gasteiger partial charge in [-0.15, -0.1) is 0 Å². The second kappa shape index (κ2) is 15.2. The Labute approximate surface area is 153 Å². The van der Waals surface area contributed by atoms with Crippen LogP contribution in [0.2, 0.25) is 0 Å². The lowest BCUT2D eigenvalue weighted by Crippen LogP contribution is -2.22. The third kappa shape index (κ3) is 19.1. The zero-order chi connectivity index (χ0) is 19.0. The van der Waals surface area contributed by atoms with Crippen molar-refractivity contribution in [2.45, 2.75) is 110 Å².